The molecule has 1 fully saturated rings. The number of fused-ring (bicyclic) bond motifs is 1. The van der Waals surface area contributed by atoms with Crippen LogP contribution in [0.15, 0.2) is 22.3 Å². The molecule has 0 spiro atoms. The highest BCUT2D eigenvalue weighted by molar-refractivity contribution is 8.00. The lowest BCUT2D eigenvalue weighted by Gasteiger charge is -2.46. The van der Waals surface area contributed by atoms with E-state index in [9.17, 15) is 19.2 Å². The number of aromatic nitrogens is 1. The molecule has 3 rings (SSSR count). The third kappa shape index (κ3) is 4.20. The van der Waals surface area contributed by atoms with Crippen LogP contribution >= 0.6 is 23.1 Å². The number of carboxylic acids is 1. The van der Waals surface area contributed by atoms with E-state index in [1.165, 1.54) is 28.2 Å². The van der Waals surface area contributed by atoms with Crippen molar-refractivity contribution in [3.63, 3.8) is 0 Å². The lowest BCUT2D eigenvalue weighted by Crippen LogP contribution is -2.69. The average molecular weight is 436 g/mol. The number of carbonyl (C=O) groups excluding carboxylic acids is 3. The zero-order valence-electron chi connectivity index (χ0n) is 14.4. The van der Waals surface area contributed by atoms with Crippen LogP contribution < -0.4 is 10.6 Å². The van der Waals surface area contributed by atoms with Gasteiger partial charge >= 0.3 is 5.97 Å². The summed E-state index contributed by atoms with van der Waals surface area (Å²) in [6, 6.07) is 0.821. The van der Waals surface area contributed by atoms with Crippen LogP contribution in [0.5, 0.6) is 0 Å². The summed E-state index contributed by atoms with van der Waals surface area (Å²) in [4.78, 5) is 56.6. The van der Waals surface area contributed by atoms with E-state index in [0.717, 1.165) is 11.3 Å². The van der Waals surface area contributed by atoms with Gasteiger partial charge in [0.15, 0.2) is 10.8 Å². The van der Waals surface area contributed by atoms with Crippen LogP contribution in [-0.4, -0.2) is 68.7 Å². The number of aliphatic carboxylic acids is 1. The van der Waals surface area contributed by atoms with Gasteiger partial charge in [0, 0.05) is 17.3 Å². The molecule has 14 heteroatoms. The van der Waals surface area contributed by atoms with Crippen molar-refractivity contribution in [2.24, 2.45) is 5.16 Å². The topological polar surface area (TPSA) is 174 Å². The minimum absolute atomic E-state index is 0.0859. The number of nitrogens with one attached hydrogen (secondary N) is 2. The van der Waals surface area contributed by atoms with Gasteiger partial charge in [-0.1, -0.05) is 5.16 Å². The van der Waals surface area contributed by atoms with E-state index in [1.54, 1.807) is 6.07 Å². The fourth-order valence-corrected chi connectivity index (χ4v) is 4.37. The van der Waals surface area contributed by atoms with Crippen molar-refractivity contribution in [1.29, 1.82) is 5.26 Å². The molecule has 2 atom stereocenters. The van der Waals surface area contributed by atoms with Crippen LogP contribution in [0.25, 0.3) is 0 Å². The minimum Gasteiger partial charge on any atom is -0.478 e. The van der Waals surface area contributed by atoms with Crippen LogP contribution in [0, 0.1) is 11.3 Å². The third-order valence-corrected chi connectivity index (χ3v) is 5.87. The summed E-state index contributed by atoms with van der Waals surface area (Å²) < 4.78 is 0. The van der Waals surface area contributed by atoms with Crippen LogP contribution in [0.1, 0.15) is 5.69 Å². The predicted octanol–water partition coefficient (Wildman–Crippen LogP) is -0.676. The number of hydrogen-bond donors (Lipinski definition) is 3. The number of thioether (sulfide) groups is 1. The maximum Gasteiger partial charge on any atom is 0.333 e. The first kappa shape index (κ1) is 20.3. The lowest BCUT2D eigenvalue weighted by molar-refractivity contribution is -0.144. The molecule has 150 valence electrons. The van der Waals surface area contributed by atoms with Crippen molar-refractivity contribution in [2.75, 3.05) is 17.7 Å². The number of rotatable bonds is 8. The summed E-state index contributed by atoms with van der Waals surface area (Å²) in [6.07, 6.45) is 1.68. The Hall–Kier alpha value is -3.44. The predicted molar refractivity (Wildman–Crippen MR) is 101 cm³/mol. The Morgan fingerprint density at radius 1 is 1.55 bits per heavy atom. The van der Waals surface area contributed by atoms with Gasteiger partial charge in [-0.25, -0.2) is 9.78 Å². The molecule has 12 nitrogen and oxygen atoms in total. The number of carboxylic acid groups (broad SMARTS) is 1. The fraction of sp³-hybridized carbons (Fsp3) is 0.267. The molecule has 1 unspecified atom stereocenters. The molecule has 29 heavy (non-hydrogen) atoms. The molecule has 2 aliphatic rings. The zero-order valence-corrected chi connectivity index (χ0v) is 16.0. The van der Waals surface area contributed by atoms with Crippen molar-refractivity contribution in [3.8, 4) is 6.07 Å². The summed E-state index contributed by atoms with van der Waals surface area (Å²) in [7, 11) is 0. The third-order valence-electron chi connectivity index (χ3n) is 3.77. The summed E-state index contributed by atoms with van der Waals surface area (Å²) >= 11 is 2.25. The molecule has 1 aromatic rings. The van der Waals surface area contributed by atoms with Crippen molar-refractivity contribution in [2.45, 2.75) is 11.4 Å². The monoisotopic (exact) mass is 436 g/mol. The number of anilines is 1. The quantitative estimate of drug-likeness (QED) is 0.157. The summed E-state index contributed by atoms with van der Waals surface area (Å²) in [5.74, 6) is -2.15. The zero-order chi connectivity index (χ0) is 21.0. The first-order chi connectivity index (χ1) is 14.0. The maximum atomic E-state index is 12.7. The Morgan fingerprint density at radius 2 is 2.34 bits per heavy atom. The van der Waals surface area contributed by atoms with E-state index in [-0.39, 0.29) is 27.9 Å². The SMILES string of the molecule is N#CCON=C(C(=O)NC1C(=O)N2C=C(C(=O)O)CS[C@H]12)c1csc(NC=O)n1. The maximum absolute atomic E-state index is 12.7. The van der Waals surface area contributed by atoms with Gasteiger partial charge < -0.3 is 25.5 Å². The minimum atomic E-state index is -1.11. The average Bonchev–Trinajstić information content (AvgIpc) is 3.17. The van der Waals surface area contributed by atoms with Gasteiger partial charge in [-0.3, -0.25) is 14.4 Å². The highest BCUT2D eigenvalue weighted by Gasteiger charge is 2.50. The fourth-order valence-electron chi connectivity index (χ4n) is 2.47. The smallest absolute Gasteiger partial charge is 0.333 e. The Balaban J connectivity index is 1.74. The van der Waals surface area contributed by atoms with Crippen molar-refractivity contribution in [3.05, 3.63) is 22.8 Å². The van der Waals surface area contributed by atoms with Crippen LogP contribution in [-0.2, 0) is 24.0 Å². The van der Waals surface area contributed by atoms with Gasteiger partial charge in [-0.2, -0.15) is 5.26 Å². The van der Waals surface area contributed by atoms with Gasteiger partial charge in [-0.15, -0.1) is 23.1 Å². The highest BCUT2D eigenvalue weighted by Crippen LogP contribution is 2.36. The number of amides is 3. The Morgan fingerprint density at radius 3 is 3.03 bits per heavy atom. The summed E-state index contributed by atoms with van der Waals surface area (Å²) in [5.41, 5.74) is -0.0961. The molecule has 0 aliphatic carbocycles. The molecular formula is C15H12N6O6S2. The molecule has 0 radical (unpaired) electrons. The van der Waals surface area contributed by atoms with Crippen LogP contribution in [0.4, 0.5) is 5.13 Å². The molecular weight excluding hydrogens is 424 g/mol. The summed E-state index contributed by atoms with van der Waals surface area (Å²) in [6.45, 7) is -0.405. The van der Waals surface area contributed by atoms with E-state index in [0.29, 0.717) is 6.41 Å². The van der Waals surface area contributed by atoms with Gasteiger partial charge in [0.05, 0.1) is 5.57 Å². The van der Waals surface area contributed by atoms with E-state index in [2.05, 4.69) is 20.8 Å². The Bertz CT molecular complexity index is 967. The molecule has 1 aromatic heterocycles. The number of hydrogen-bond acceptors (Lipinski definition) is 10. The molecule has 3 amide bonds. The van der Waals surface area contributed by atoms with Gasteiger partial charge in [0.2, 0.25) is 13.0 Å². The molecule has 3 heterocycles. The molecule has 0 aromatic carbocycles. The molecule has 0 saturated carbocycles. The second-order valence-corrected chi connectivity index (χ2v) is 7.49. The van der Waals surface area contributed by atoms with Crippen molar-refractivity contribution >= 4 is 58.1 Å². The standard InChI is InChI=1S/C15H12N6O6S2/c16-1-2-27-20-9(8-5-29-15(18-8)17-6-22)11(23)19-10-12(24)21-3-7(14(25)26)4-28-13(10)21/h3,5-6,10,13H,2,4H2,(H,19,23)(H,25,26)(H,17,18,22)/t10?,13-/m1/s1. The number of nitriles is 1. The summed E-state index contributed by atoms with van der Waals surface area (Å²) in [5, 5.41) is 27.3. The Kier molecular flexibility index (Phi) is 6.10. The second kappa shape index (κ2) is 8.71. The van der Waals surface area contributed by atoms with Crippen molar-refractivity contribution in [1.82, 2.24) is 15.2 Å². The van der Waals surface area contributed by atoms with Gasteiger partial charge in [0.25, 0.3) is 11.8 Å². The number of thiazole rings is 1. The van der Waals surface area contributed by atoms with E-state index in [1.807, 2.05) is 0 Å². The lowest BCUT2D eigenvalue weighted by atomic mass is 10.1. The van der Waals surface area contributed by atoms with E-state index >= 15 is 0 Å². The number of carbonyl (C=O) groups is 4. The van der Waals surface area contributed by atoms with Crippen LogP contribution in [0.2, 0.25) is 0 Å². The largest absolute Gasteiger partial charge is 0.478 e. The first-order valence-corrected chi connectivity index (χ1v) is 9.80. The number of nitrogens with zero attached hydrogens (tertiary/aromatic N) is 4. The van der Waals surface area contributed by atoms with Gasteiger partial charge in [0.1, 0.15) is 23.2 Å². The molecule has 2 aliphatic heterocycles. The highest BCUT2D eigenvalue weighted by atomic mass is 32.2. The number of β-lactam (4-membered cyclic amide) rings is 1. The number of oxime groups is 1. The van der Waals surface area contributed by atoms with Gasteiger partial charge in [-0.05, 0) is 0 Å². The Labute approximate surface area is 171 Å². The molecule has 3 N–H and O–H groups in total. The second-order valence-electron chi connectivity index (χ2n) is 5.53. The molecule has 1 saturated heterocycles. The van der Waals surface area contributed by atoms with E-state index < -0.39 is 35.8 Å². The van der Waals surface area contributed by atoms with Crippen LogP contribution in [0.3, 0.4) is 0 Å². The van der Waals surface area contributed by atoms with E-state index in [4.69, 9.17) is 15.2 Å². The normalized spacial score (nSPS) is 20.5. The first-order valence-electron chi connectivity index (χ1n) is 7.88. The van der Waals surface area contributed by atoms with Crippen molar-refractivity contribution < 1.29 is 29.1 Å². The molecule has 0 bridgehead atoms.